The number of rotatable bonds is 8. The molecule has 0 spiro atoms. The van der Waals surface area contributed by atoms with E-state index in [1.807, 2.05) is 6.92 Å². The molecule has 0 bridgehead atoms. The third-order valence-electron chi connectivity index (χ3n) is 3.41. The largest absolute Gasteiger partial charge is 0.494 e. The Balaban J connectivity index is 1.80. The van der Waals surface area contributed by atoms with Gasteiger partial charge in [0.15, 0.2) is 0 Å². The lowest BCUT2D eigenvalue weighted by Crippen LogP contribution is -2.25. The molecule has 2 aromatic carbocycles. The lowest BCUT2D eigenvalue weighted by atomic mass is 10.3. The Morgan fingerprint density at radius 2 is 1.67 bits per heavy atom. The molecule has 5 nitrogen and oxygen atoms in total. The van der Waals surface area contributed by atoms with Gasteiger partial charge in [-0.2, -0.15) is 0 Å². The number of ether oxygens (including phenoxy) is 1. The van der Waals surface area contributed by atoms with Crippen LogP contribution in [0, 0.1) is 0 Å². The molecule has 0 aliphatic rings. The van der Waals surface area contributed by atoms with Crippen LogP contribution in [0.1, 0.15) is 13.8 Å². The van der Waals surface area contributed by atoms with E-state index in [-0.39, 0.29) is 17.6 Å². The van der Waals surface area contributed by atoms with Crippen LogP contribution in [-0.2, 0) is 9.59 Å². The van der Waals surface area contributed by atoms with Crippen LogP contribution >= 0.6 is 35.0 Å². The maximum Gasteiger partial charge on any atom is 0.237 e. The molecule has 27 heavy (non-hydrogen) atoms. The summed E-state index contributed by atoms with van der Waals surface area (Å²) in [5.74, 6) is 0.482. The van der Waals surface area contributed by atoms with Gasteiger partial charge in [0, 0.05) is 21.4 Å². The van der Waals surface area contributed by atoms with Gasteiger partial charge in [0.05, 0.1) is 17.6 Å². The van der Waals surface area contributed by atoms with Gasteiger partial charge in [-0.15, -0.1) is 11.8 Å². The summed E-state index contributed by atoms with van der Waals surface area (Å²) < 4.78 is 5.36. The van der Waals surface area contributed by atoms with E-state index in [0.29, 0.717) is 28.0 Å². The number of anilines is 2. The highest BCUT2D eigenvalue weighted by Crippen LogP contribution is 2.23. The molecule has 1 atom stereocenters. The summed E-state index contributed by atoms with van der Waals surface area (Å²) in [5, 5.41) is 5.98. The summed E-state index contributed by atoms with van der Waals surface area (Å²) in [6.45, 7) is 4.23. The Bertz CT molecular complexity index is 780. The third-order valence-corrected chi connectivity index (χ3v) is 4.99. The molecular formula is C19H20Cl2N2O3S. The second-order valence-corrected chi connectivity index (χ2v) is 7.81. The SMILES string of the molecule is CCOc1ccc(NC(=O)CSC(C)C(=O)Nc2cc(Cl)cc(Cl)c2)cc1. The van der Waals surface area contributed by atoms with Crippen molar-refractivity contribution in [1.29, 1.82) is 0 Å². The van der Waals surface area contributed by atoms with Crippen LogP contribution in [0.3, 0.4) is 0 Å². The van der Waals surface area contributed by atoms with Crippen molar-refractivity contribution in [3.05, 3.63) is 52.5 Å². The molecule has 0 aliphatic heterocycles. The summed E-state index contributed by atoms with van der Waals surface area (Å²) in [6, 6.07) is 11.9. The minimum Gasteiger partial charge on any atom is -0.494 e. The molecule has 1 unspecified atom stereocenters. The van der Waals surface area contributed by atoms with Gasteiger partial charge in [-0.3, -0.25) is 9.59 Å². The predicted octanol–water partition coefficient (Wildman–Crippen LogP) is 5.09. The highest BCUT2D eigenvalue weighted by molar-refractivity contribution is 8.01. The Hall–Kier alpha value is -1.89. The number of amides is 2. The van der Waals surface area contributed by atoms with E-state index < -0.39 is 5.25 Å². The minimum absolute atomic E-state index is 0.151. The lowest BCUT2D eigenvalue weighted by Gasteiger charge is -2.13. The van der Waals surface area contributed by atoms with E-state index in [4.69, 9.17) is 27.9 Å². The number of hydrogen-bond acceptors (Lipinski definition) is 4. The highest BCUT2D eigenvalue weighted by atomic mass is 35.5. The normalized spacial score (nSPS) is 11.6. The summed E-state index contributed by atoms with van der Waals surface area (Å²) >= 11 is 13.1. The molecule has 0 saturated heterocycles. The average Bonchev–Trinajstić information content (AvgIpc) is 2.60. The van der Waals surface area contributed by atoms with E-state index >= 15 is 0 Å². The van der Waals surface area contributed by atoms with Crippen molar-refractivity contribution in [2.24, 2.45) is 0 Å². The Morgan fingerprint density at radius 3 is 2.26 bits per heavy atom. The summed E-state index contributed by atoms with van der Waals surface area (Å²) in [5.41, 5.74) is 1.19. The smallest absolute Gasteiger partial charge is 0.237 e. The number of carbonyl (C=O) groups excluding carboxylic acids is 2. The van der Waals surface area contributed by atoms with Crippen molar-refractivity contribution < 1.29 is 14.3 Å². The van der Waals surface area contributed by atoms with Crippen LogP contribution in [0.2, 0.25) is 10.0 Å². The first-order valence-corrected chi connectivity index (χ1v) is 10.1. The van der Waals surface area contributed by atoms with Gasteiger partial charge in [-0.1, -0.05) is 23.2 Å². The molecule has 0 aliphatic carbocycles. The fourth-order valence-corrected chi connectivity index (χ4v) is 3.35. The van der Waals surface area contributed by atoms with Gasteiger partial charge in [0.2, 0.25) is 11.8 Å². The van der Waals surface area contributed by atoms with Crippen molar-refractivity contribution in [1.82, 2.24) is 0 Å². The molecule has 8 heteroatoms. The second-order valence-electron chi connectivity index (χ2n) is 5.61. The van der Waals surface area contributed by atoms with Gasteiger partial charge in [0.1, 0.15) is 5.75 Å². The molecule has 0 saturated carbocycles. The third kappa shape index (κ3) is 7.33. The molecular weight excluding hydrogens is 407 g/mol. The van der Waals surface area contributed by atoms with Crippen molar-refractivity contribution in [2.75, 3.05) is 23.0 Å². The second kappa shape index (κ2) is 10.4. The first-order chi connectivity index (χ1) is 12.9. The van der Waals surface area contributed by atoms with Gasteiger partial charge in [-0.05, 0) is 56.3 Å². The number of carbonyl (C=O) groups is 2. The Morgan fingerprint density at radius 1 is 1.04 bits per heavy atom. The number of halogens is 2. The molecule has 0 fully saturated rings. The highest BCUT2D eigenvalue weighted by Gasteiger charge is 2.16. The van der Waals surface area contributed by atoms with Gasteiger partial charge < -0.3 is 15.4 Å². The average molecular weight is 427 g/mol. The quantitative estimate of drug-likeness (QED) is 0.616. The first kappa shape index (κ1) is 21.4. The van der Waals surface area contributed by atoms with Crippen LogP contribution < -0.4 is 15.4 Å². The fraction of sp³-hybridized carbons (Fsp3) is 0.263. The summed E-state index contributed by atoms with van der Waals surface area (Å²) in [6.07, 6.45) is 0. The molecule has 2 rings (SSSR count). The van der Waals surface area contributed by atoms with Crippen LogP contribution in [0.4, 0.5) is 11.4 Å². The Labute approximate surface area is 172 Å². The number of thioether (sulfide) groups is 1. The van der Waals surface area contributed by atoms with Crippen LogP contribution in [0.25, 0.3) is 0 Å². The van der Waals surface area contributed by atoms with E-state index in [1.54, 1.807) is 49.4 Å². The van der Waals surface area contributed by atoms with Crippen molar-refractivity contribution in [3.8, 4) is 5.75 Å². The zero-order chi connectivity index (χ0) is 19.8. The number of benzene rings is 2. The fourth-order valence-electron chi connectivity index (χ4n) is 2.14. The maximum absolute atomic E-state index is 12.2. The number of nitrogens with one attached hydrogen (secondary N) is 2. The van der Waals surface area contributed by atoms with Crippen LogP contribution in [-0.4, -0.2) is 29.4 Å². The summed E-state index contributed by atoms with van der Waals surface area (Å²) in [7, 11) is 0. The van der Waals surface area contributed by atoms with Gasteiger partial charge in [0.25, 0.3) is 0 Å². The molecule has 0 aromatic heterocycles. The molecule has 144 valence electrons. The molecule has 2 aromatic rings. The van der Waals surface area contributed by atoms with E-state index in [2.05, 4.69) is 10.6 Å². The lowest BCUT2D eigenvalue weighted by molar-refractivity contribution is -0.115. The molecule has 2 amide bonds. The van der Waals surface area contributed by atoms with Gasteiger partial charge >= 0.3 is 0 Å². The zero-order valence-electron chi connectivity index (χ0n) is 14.9. The van der Waals surface area contributed by atoms with E-state index in [1.165, 1.54) is 11.8 Å². The van der Waals surface area contributed by atoms with Crippen LogP contribution in [0.5, 0.6) is 5.75 Å². The molecule has 0 radical (unpaired) electrons. The standard InChI is InChI=1S/C19H20Cl2N2O3S/c1-3-26-17-6-4-15(5-7-17)22-18(24)11-27-12(2)19(25)23-16-9-13(20)8-14(21)10-16/h4-10,12H,3,11H2,1-2H3,(H,22,24)(H,23,25). The van der Waals surface area contributed by atoms with E-state index in [0.717, 1.165) is 5.75 Å². The Kier molecular flexibility index (Phi) is 8.28. The topological polar surface area (TPSA) is 67.4 Å². The first-order valence-electron chi connectivity index (χ1n) is 8.28. The van der Waals surface area contributed by atoms with Gasteiger partial charge in [-0.25, -0.2) is 0 Å². The number of hydrogen-bond donors (Lipinski definition) is 2. The van der Waals surface area contributed by atoms with Crippen molar-refractivity contribution in [3.63, 3.8) is 0 Å². The van der Waals surface area contributed by atoms with Crippen molar-refractivity contribution in [2.45, 2.75) is 19.1 Å². The predicted molar refractivity (Wildman–Crippen MR) is 113 cm³/mol. The zero-order valence-corrected chi connectivity index (χ0v) is 17.3. The maximum atomic E-state index is 12.2. The minimum atomic E-state index is -0.422. The molecule has 0 heterocycles. The van der Waals surface area contributed by atoms with E-state index in [9.17, 15) is 9.59 Å². The van der Waals surface area contributed by atoms with Crippen LogP contribution in [0.15, 0.2) is 42.5 Å². The molecule has 2 N–H and O–H groups in total. The summed E-state index contributed by atoms with van der Waals surface area (Å²) in [4.78, 5) is 24.3. The van der Waals surface area contributed by atoms with Crippen molar-refractivity contribution >= 4 is 58.2 Å². The monoisotopic (exact) mass is 426 g/mol.